The minimum atomic E-state index is 0.635. The SMILES string of the molecule is CCOc1ccccc1CNC(=NC)NCc1ccc(C)cc1OC. The van der Waals surface area contributed by atoms with Gasteiger partial charge in [0, 0.05) is 31.3 Å². The lowest BCUT2D eigenvalue weighted by molar-refractivity contribution is 0.336. The molecule has 0 amide bonds. The predicted molar refractivity (Wildman–Crippen MR) is 102 cm³/mol. The second-order valence-corrected chi connectivity index (χ2v) is 5.64. The standard InChI is InChI=1S/C20H27N3O2/c1-5-25-18-9-7-6-8-16(18)13-22-20(21-3)23-14-17-11-10-15(2)12-19(17)24-4/h6-12H,5,13-14H2,1-4H3,(H2,21,22,23). The monoisotopic (exact) mass is 341 g/mol. The van der Waals surface area contributed by atoms with Crippen LogP contribution in [-0.2, 0) is 13.1 Å². The van der Waals surface area contributed by atoms with E-state index in [0.717, 1.165) is 28.6 Å². The number of ether oxygens (including phenoxy) is 2. The molecule has 0 fully saturated rings. The Hall–Kier alpha value is -2.69. The van der Waals surface area contributed by atoms with Gasteiger partial charge in [-0.15, -0.1) is 0 Å². The average molecular weight is 341 g/mol. The molecule has 0 atom stereocenters. The van der Waals surface area contributed by atoms with Gasteiger partial charge in [0.15, 0.2) is 5.96 Å². The lowest BCUT2D eigenvalue weighted by Gasteiger charge is -2.15. The Labute approximate surface area is 150 Å². The molecule has 2 rings (SSSR count). The van der Waals surface area contributed by atoms with Gasteiger partial charge in [-0.3, -0.25) is 4.99 Å². The van der Waals surface area contributed by atoms with Gasteiger partial charge in [-0.2, -0.15) is 0 Å². The van der Waals surface area contributed by atoms with Gasteiger partial charge >= 0.3 is 0 Å². The summed E-state index contributed by atoms with van der Waals surface area (Å²) >= 11 is 0. The lowest BCUT2D eigenvalue weighted by atomic mass is 10.1. The zero-order valence-electron chi connectivity index (χ0n) is 15.4. The zero-order valence-corrected chi connectivity index (χ0v) is 15.4. The topological polar surface area (TPSA) is 54.9 Å². The molecule has 2 aromatic rings. The van der Waals surface area contributed by atoms with Crippen LogP contribution in [0.5, 0.6) is 11.5 Å². The van der Waals surface area contributed by atoms with E-state index in [1.807, 2.05) is 37.3 Å². The number of hydrogen-bond acceptors (Lipinski definition) is 3. The Morgan fingerprint density at radius 1 is 1.00 bits per heavy atom. The molecule has 0 saturated heterocycles. The smallest absolute Gasteiger partial charge is 0.191 e. The number of nitrogens with one attached hydrogen (secondary N) is 2. The van der Waals surface area contributed by atoms with E-state index < -0.39 is 0 Å². The van der Waals surface area contributed by atoms with Crippen molar-refractivity contribution in [3.8, 4) is 11.5 Å². The van der Waals surface area contributed by atoms with Crippen molar-refractivity contribution in [2.45, 2.75) is 26.9 Å². The Kier molecular flexibility index (Phi) is 7.14. The van der Waals surface area contributed by atoms with E-state index in [-0.39, 0.29) is 0 Å². The molecule has 0 radical (unpaired) electrons. The molecule has 0 spiro atoms. The minimum absolute atomic E-state index is 0.635. The van der Waals surface area contributed by atoms with Gasteiger partial charge in [-0.1, -0.05) is 30.3 Å². The molecule has 2 aromatic carbocycles. The summed E-state index contributed by atoms with van der Waals surface area (Å²) in [4.78, 5) is 4.28. The van der Waals surface area contributed by atoms with Crippen LogP contribution >= 0.6 is 0 Å². The van der Waals surface area contributed by atoms with Crippen LogP contribution in [0.15, 0.2) is 47.5 Å². The summed E-state index contributed by atoms with van der Waals surface area (Å²) in [6.45, 7) is 5.96. The maximum atomic E-state index is 5.66. The molecule has 0 aliphatic carbocycles. The van der Waals surface area contributed by atoms with Gasteiger partial charge in [0.2, 0.25) is 0 Å². The normalized spacial score (nSPS) is 11.1. The van der Waals surface area contributed by atoms with E-state index in [9.17, 15) is 0 Å². The summed E-state index contributed by atoms with van der Waals surface area (Å²) in [5.74, 6) is 2.51. The number of benzene rings is 2. The molecule has 0 aromatic heterocycles. The van der Waals surface area contributed by atoms with E-state index in [2.05, 4.69) is 34.7 Å². The quantitative estimate of drug-likeness (QED) is 0.599. The highest BCUT2D eigenvalue weighted by Gasteiger charge is 2.06. The zero-order chi connectivity index (χ0) is 18.1. The Balaban J connectivity index is 1.96. The number of guanidine groups is 1. The summed E-state index contributed by atoms with van der Waals surface area (Å²) in [6, 6.07) is 14.2. The van der Waals surface area contributed by atoms with Crippen LogP contribution in [0.1, 0.15) is 23.6 Å². The number of aryl methyl sites for hydroxylation is 1. The third kappa shape index (κ3) is 5.41. The first kappa shape index (κ1) is 18.6. The fraction of sp³-hybridized carbons (Fsp3) is 0.350. The first-order valence-electron chi connectivity index (χ1n) is 8.46. The molecule has 0 unspecified atom stereocenters. The van der Waals surface area contributed by atoms with E-state index in [4.69, 9.17) is 9.47 Å². The third-order valence-electron chi connectivity index (χ3n) is 3.83. The number of nitrogens with zero attached hydrogens (tertiary/aromatic N) is 1. The van der Waals surface area contributed by atoms with Crippen LogP contribution in [0.2, 0.25) is 0 Å². The molecule has 25 heavy (non-hydrogen) atoms. The van der Waals surface area contributed by atoms with Crippen molar-refractivity contribution in [3.05, 3.63) is 59.2 Å². The second kappa shape index (κ2) is 9.57. The number of methoxy groups -OCH3 is 1. The number of rotatable bonds is 7. The van der Waals surface area contributed by atoms with Gasteiger partial charge in [-0.05, 0) is 31.5 Å². The van der Waals surface area contributed by atoms with Gasteiger partial charge < -0.3 is 20.1 Å². The van der Waals surface area contributed by atoms with Crippen molar-refractivity contribution in [3.63, 3.8) is 0 Å². The van der Waals surface area contributed by atoms with Gasteiger partial charge in [0.05, 0.1) is 13.7 Å². The lowest BCUT2D eigenvalue weighted by Crippen LogP contribution is -2.36. The molecular formula is C20H27N3O2. The minimum Gasteiger partial charge on any atom is -0.496 e. The first-order valence-corrected chi connectivity index (χ1v) is 8.46. The van der Waals surface area contributed by atoms with Crippen molar-refractivity contribution >= 4 is 5.96 Å². The number of aliphatic imine (C=N–C) groups is 1. The van der Waals surface area contributed by atoms with Crippen molar-refractivity contribution in [2.24, 2.45) is 4.99 Å². The molecule has 0 saturated carbocycles. The Morgan fingerprint density at radius 3 is 2.32 bits per heavy atom. The largest absolute Gasteiger partial charge is 0.496 e. The van der Waals surface area contributed by atoms with Crippen LogP contribution in [0, 0.1) is 6.92 Å². The van der Waals surface area contributed by atoms with Crippen molar-refractivity contribution in [1.29, 1.82) is 0 Å². The highest BCUT2D eigenvalue weighted by Crippen LogP contribution is 2.20. The van der Waals surface area contributed by atoms with Crippen LogP contribution in [0.4, 0.5) is 0 Å². The summed E-state index contributed by atoms with van der Waals surface area (Å²) < 4.78 is 11.1. The summed E-state index contributed by atoms with van der Waals surface area (Å²) in [7, 11) is 3.45. The van der Waals surface area contributed by atoms with Gasteiger partial charge in [0.1, 0.15) is 11.5 Å². The van der Waals surface area contributed by atoms with E-state index in [1.54, 1.807) is 14.2 Å². The van der Waals surface area contributed by atoms with Crippen LogP contribution < -0.4 is 20.1 Å². The van der Waals surface area contributed by atoms with Gasteiger partial charge in [0.25, 0.3) is 0 Å². The molecular weight excluding hydrogens is 314 g/mol. The van der Waals surface area contributed by atoms with Crippen molar-refractivity contribution in [2.75, 3.05) is 20.8 Å². The van der Waals surface area contributed by atoms with E-state index in [0.29, 0.717) is 19.7 Å². The number of para-hydroxylation sites is 1. The summed E-state index contributed by atoms with van der Waals surface area (Å²) in [5.41, 5.74) is 3.36. The molecule has 134 valence electrons. The van der Waals surface area contributed by atoms with Crippen molar-refractivity contribution in [1.82, 2.24) is 10.6 Å². The summed E-state index contributed by atoms with van der Waals surface area (Å²) in [6.07, 6.45) is 0. The molecule has 5 nitrogen and oxygen atoms in total. The third-order valence-corrected chi connectivity index (χ3v) is 3.83. The molecule has 2 N–H and O–H groups in total. The Bertz CT molecular complexity index is 714. The summed E-state index contributed by atoms with van der Waals surface area (Å²) in [5, 5.41) is 6.64. The average Bonchev–Trinajstić information content (AvgIpc) is 2.64. The molecule has 0 heterocycles. The van der Waals surface area contributed by atoms with E-state index >= 15 is 0 Å². The fourth-order valence-corrected chi connectivity index (χ4v) is 2.52. The Morgan fingerprint density at radius 2 is 1.68 bits per heavy atom. The molecule has 5 heteroatoms. The predicted octanol–water partition coefficient (Wildman–Crippen LogP) is 3.27. The molecule has 0 aliphatic heterocycles. The van der Waals surface area contributed by atoms with Crippen LogP contribution in [0.25, 0.3) is 0 Å². The number of hydrogen-bond donors (Lipinski definition) is 2. The van der Waals surface area contributed by atoms with Gasteiger partial charge in [-0.25, -0.2) is 0 Å². The van der Waals surface area contributed by atoms with E-state index in [1.165, 1.54) is 5.56 Å². The maximum absolute atomic E-state index is 5.66. The highest BCUT2D eigenvalue weighted by atomic mass is 16.5. The molecule has 0 bridgehead atoms. The molecule has 0 aliphatic rings. The fourth-order valence-electron chi connectivity index (χ4n) is 2.52. The van der Waals surface area contributed by atoms with Crippen LogP contribution in [0.3, 0.4) is 0 Å². The van der Waals surface area contributed by atoms with Crippen LogP contribution in [-0.4, -0.2) is 26.7 Å². The highest BCUT2D eigenvalue weighted by molar-refractivity contribution is 5.79. The maximum Gasteiger partial charge on any atom is 0.191 e. The second-order valence-electron chi connectivity index (χ2n) is 5.64. The first-order chi connectivity index (χ1) is 12.2. The van der Waals surface area contributed by atoms with Crippen molar-refractivity contribution < 1.29 is 9.47 Å².